The normalized spacial score (nSPS) is 12.2. The zero-order valence-electron chi connectivity index (χ0n) is 29.8. The van der Waals surface area contributed by atoms with Crippen LogP contribution in [0.15, 0.2) is 58.5 Å². The van der Waals surface area contributed by atoms with Gasteiger partial charge in [0, 0.05) is 20.4 Å². The second-order valence-electron chi connectivity index (χ2n) is 12.9. The Balaban J connectivity index is 0.0000101. The number of hydrogen-bond donors (Lipinski definition) is 0. The molecule has 0 fully saturated rings. The maximum atomic E-state index is 5.14. The Kier molecular flexibility index (Phi) is 25.0. The van der Waals surface area contributed by atoms with Crippen molar-refractivity contribution in [2.75, 3.05) is 0 Å². The summed E-state index contributed by atoms with van der Waals surface area (Å²) in [6.07, 6.45) is 31.6. The van der Waals surface area contributed by atoms with Gasteiger partial charge >= 0.3 is 0 Å². The summed E-state index contributed by atoms with van der Waals surface area (Å²) in [4.78, 5) is 10.2. The predicted molar refractivity (Wildman–Crippen MR) is 200 cm³/mol. The van der Waals surface area contributed by atoms with Crippen molar-refractivity contribution in [1.82, 2.24) is 0 Å². The van der Waals surface area contributed by atoms with Crippen molar-refractivity contribution < 1.29 is 20.4 Å². The Hall–Kier alpha value is -1.82. The summed E-state index contributed by atoms with van der Waals surface area (Å²) in [7, 11) is 0. The molecule has 0 heterocycles. The van der Waals surface area contributed by atoms with Crippen molar-refractivity contribution >= 4 is 28.9 Å². The molecule has 0 N–H and O–H groups in total. The summed E-state index contributed by atoms with van der Waals surface area (Å²) in [5, 5.41) is 0. The zero-order valence-corrected chi connectivity index (χ0v) is 31.3. The van der Waals surface area contributed by atoms with Crippen LogP contribution in [0.4, 0.5) is 11.4 Å². The molecule has 0 unspecified atom stereocenters. The van der Waals surface area contributed by atoms with Crippen molar-refractivity contribution in [3.05, 3.63) is 65.2 Å². The Labute approximate surface area is 292 Å². The molecule has 254 valence electrons. The minimum atomic E-state index is 0. The first-order valence-corrected chi connectivity index (χ1v) is 18.6. The van der Waals surface area contributed by atoms with Gasteiger partial charge in [-0.25, -0.2) is 0 Å². The SMILES string of the molecule is CCCCCCCCCCCCCC=Cc1ccc(N=C(CCCC)C(C)=Nc2cc(CCCC)cc(CCCC)c2)cc1.[Pd]. The number of rotatable bonds is 25. The van der Waals surface area contributed by atoms with Crippen LogP contribution in [0, 0.1) is 0 Å². The first-order valence-electron chi connectivity index (χ1n) is 18.6. The smallest absolute Gasteiger partial charge is 0.0639 e. The van der Waals surface area contributed by atoms with Crippen LogP contribution in [0.5, 0.6) is 0 Å². The van der Waals surface area contributed by atoms with Crippen molar-refractivity contribution in [3.63, 3.8) is 0 Å². The van der Waals surface area contributed by atoms with Crippen LogP contribution in [0.3, 0.4) is 0 Å². The first-order chi connectivity index (χ1) is 21.6. The van der Waals surface area contributed by atoms with Gasteiger partial charge in [-0.15, -0.1) is 0 Å². The molecule has 0 amide bonds. The second kappa shape index (κ2) is 27.3. The molecule has 0 saturated carbocycles. The number of benzene rings is 2. The third-order valence-corrected chi connectivity index (χ3v) is 8.60. The van der Waals surface area contributed by atoms with E-state index in [1.165, 1.54) is 119 Å². The summed E-state index contributed by atoms with van der Waals surface area (Å²) in [6, 6.07) is 15.7. The average Bonchev–Trinajstić information content (AvgIpc) is 3.03. The predicted octanol–water partition coefficient (Wildman–Crippen LogP) is 14.1. The van der Waals surface area contributed by atoms with Crippen molar-refractivity contribution in [2.24, 2.45) is 9.98 Å². The molecule has 0 aliphatic carbocycles. The molecule has 2 nitrogen and oxygen atoms in total. The molecule has 2 aromatic rings. The third-order valence-electron chi connectivity index (χ3n) is 8.60. The fraction of sp³-hybridized carbons (Fsp3) is 0.619. The molecule has 45 heavy (non-hydrogen) atoms. The third kappa shape index (κ3) is 19.4. The Morgan fingerprint density at radius 2 is 1.07 bits per heavy atom. The van der Waals surface area contributed by atoms with Crippen LogP contribution in [0.25, 0.3) is 6.08 Å². The van der Waals surface area contributed by atoms with E-state index in [1.54, 1.807) is 0 Å². The van der Waals surface area contributed by atoms with E-state index in [0.717, 1.165) is 54.9 Å². The van der Waals surface area contributed by atoms with Gasteiger partial charge in [0.1, 0.15) is 0 Å². The number of unbranched alkanes of at least 4 members (excludes halogenated alkanes) is 14. The van der Waals surface area contributed by atoms with Gasteiger partial charge in [-0.05, 0) is 99.2 Å². The monoisotopic (exact) mass is 704 g/mol. The van der Waals surface area contributed by atoms with Crippen molar-refractivity contribution in [2.45, 2.75) is 169 Å². The number of nitrogens with zero attached hydrogens (tertiary/aromatic N) is 2. The molecule has 2 aromatic carbocycles. The Morgan fingerprint density at radius 3 is 1.60 bits per heavy atom. The molecule has 0 spiro atoms. The second-order valence-corrected chi connectivity index (χ2v) is 12.9. The molecular weight excluding hydrogens is 639 g/mol. The maximum absolute atomic E-state index is 5.14. The van der Waals surface area contributed by atoms with Crippen LogP contribution in [0.2, 0.25) is 0 Å². The minimum absolute atomic E-state index is 0. The summed E-state index contributed by atoms with van der Waals surface area (Å²) in [5.74, 6) is 0. The quantitative estimate of drug-likeness (QED) is 0.0558. The number of aliphatic imine (C=N–C) groups is 2. The van der Waals surface area contributed by atoms with Gasteiger partial charge in [0.05, 0.1) is 22.8 Å². The molecule has 0 bridgehead atoms. The topological polar surface area (TPSA) is 24.7 Å². The molecule has 2 rings (SSSR count). The van der Waals surface area contributed by atoms with Gasteiger partial charge in [0.25, 0.3) is 0 Å². The fourth-order valence-electron chi connectivity index (χ4n) is 5.74. The van der Waals surface area contributed by atoms with E-state index in [0.29, 0.717) is 0 Å². The number of hydrogen-bond acceptors (Lipinski definition) is 2. The molecule has 0 saturated heterocycles. The molecular formula is C42H66N2Pd. The van der Waals surface area contributed by atoms with E-state index in [2.05, 4.69) is 89.2 Å². The van der Waals surface area contributed by atoms with E-state index in [4.69, 9.17) is 9.98 Å². The molecule has 0 atom stereocenters. The van der Waals surface area contributed by atoms with Gasteiger partial charge in [-0.3, -0.25) is 9.98 Å². The summed E-state index contributed by atoms with van der Waals surface area (Å²) in [6.45, 7) is 11.2. The molecule has 0 aliphatic heterocycles. The van der Waals surface area contributed by atoms with Crippen LogP contribution in [0.1, 0.15) is 173 Å². The van der Waals surface area contributed by atoms with Gasteiger partial charge < -0.3 is 0 Å². The van der Waals surface area contributed by atoms with E-state index < -0.39 is 0 Å². The zero-order chi connectivity index (χ0) is 31.7. The maximum Gasteiger partial charge on any atom is 0.0639 e. The van der Waals surface area contributed by atoms with Gasteiger partial charge in [0.2, 0.25) is 0 Å². The summed E-state index contributed by atoms with van der Waals surface area (Å²) < 4.78 is 0. The Morgan fingerprint density at radius 1 is 0.556 bits per heavy atom. The molecule has 0 radical (unpaired) electrons. The Bertz CT molecular complexity index is 1070. The largest absolute Gasteiger partial charge is 0.252 e. The fourth-order valence-corrected chi connectivity index (χ4v) is 5.74. The minimum Gasteiger partial charge on any atom is -0.252 e. The van der Waals surface area contributed by atoms with Crippen molar-refractivity contribution in [3.8, 4) is 0 Å². The van der Waals surface area contributed by atoms with Gasteiger partial charge in [0.15, 0.2) is 0 Å². The summed E-state index contributed by atoms with van der Waals surface area (Å²) >= 11 is 0. The number of aryl methyl sites for hydroxylation is 2. The van der Waals surface area contributed by atoms with Crippen LogP contribution in [-0.2, 0) is 33.3 Å². The first kappa shape index (κ1) is 41.2. The van der Waals surface area contributed by atoms with E-state index in [9.17, 15) is 0 Å². The van der Waals surface area contributed by atoms with E-state index >= 15 is 0 Å². The van der Waals surface area contributed by atoms with Gasteiger partial charge in [-0.2, -0.15) is 0 Å². The van der Waals surface area contributed by atoms with E-state index in [-0.39, 0.29) is 20.4 Å². The van der Waals surface area contributed by atoms with Gasteiger partial charge in [-0.1, -0.05) is 142 Å². The standard InChI is InChI=1S/C42H66N2.Pd/c1-6-10-14-15-16-17-18-19-20-21-22-23-24-27-37-29-31-40(32-30-37)44-42(28-13-9-4)36(5)43-41-34-38(25-11-7-2)33-39(35-41)26-12-8-3;/h24,27,29-35H,6-23,25-26,28H2,1-5H3;. The molecule has 3 heteroatoms. The average molecular weight is 705 g/mol. The van der Waals surface area contributed by atoms with Crippen LogP contribution >= 0.6 is 0 Å². The number of allylic oxidation sites excluding steroid dienone is 1. The van der Waals surface area contributed by atoms with E-state index in [1.807, 2.05) is 0 Å². The van der Waals surface area contributed by atoms with Crippen molar-refractivity contribution in [1.29, 1.82) is 0 Å². The molecule has 0 aromatic heterocycles. The van der Waals surface area contributed by atoms with Crippen LogP contribution in [-0.4, -0.2) is 11.4 Å². The molecule has 0 aliphatic rings. The van der Waals surface area contributed by atoms with Crippen LogP contribution < -0.4 is 0 Å². The summed E-state index contributed by atoms with van der Waals surface area (Å²) in [5.41, 5.74) is 8.37.